The second-order valence-electron chi connectivity index (χ2n) is 5.48. The zero-order valence-electron chi connectivity index (χ0n) is 12.4. The molecule has 24 heavy (non-hydrogen) atoms. The van der Waals surface area contributed by atoms with Crippen molar-refractivity contribution in [2.24, 2.45) is 0 Å². The first-order chi connectivity index (χ1) is 11.6. The maximum Gasteiger partial charge on any atom is 0.191 e. The number of nitrogens with one attached hydrogen (secondary N) is 1. The van der Waals surface area contributed by atoms with Crippen molar-refractivity contribution in [3.63, 3.8) is 0 Å². The van der Waals surface area contributed by atoms with Crippen LogP contribution in [0.1, 0.15) is 18.4 Å². The van der Waals surface area contributed by atoms with Crippen molar-refractivity contribution >= 4 is 44.4 Å². The number of thioether (sulfide) groups is 1. The van der Waals surface area contributed by atoms with Crippen LogP contribution in [-0.4, -0.2) is 21.0 Å². The lowest BCUT2D eigenvalue weighted by molar-refractivity contribution is 0.502. The van der Waals surface area contributed by atoms with Gasteiger partial charge in [-0.3, -0.25) is 0 Å². The van der Waals surface area contributed by atoms with Crippen molar-refractivity contribution in [1.29, 1.82) is 0 Å². The summed E-state index contributed by atoms with van der Waals surface area (Å²) in [5, 5.41) is 4.23. The van der Waals surface area contributed by atoms with Gasteiger partial charge in [-0.15, -0.1) is 0 Å². The molecule has 1 fully saturated rings. The van der Waals surface area contributed by atoms with E-state index in [1.165, 1.54) is 29.2 Å². The van der Waals surface area contributed by atoms with Crippen LogP contribution in [-0.2, 0) is 5.75 Å². The summed E-state index contributed by atoms with van der Waals surface area (Å²) in [6.07, 6.45) is 2.22. The number of hydrogen-bond donors (Lipinski definition) is 2. The van der Waals surface area contributed by atoms with Gasteiger partial charge in [0.15, 0.2) is 33.4 Å². The number of benzene rings is 1. The molecule has 3 aromatic rings. The Hall–Kier alpha value is -2.00. The van der Waals surface area contributed by atoms with E-state index in [0.717, 1.165) is 23.6 Å². The molecule has 2 aromatic heterocycles. The van der Waals surface area contributed by atoms with Gasteiger partial charge in [-0.05, 0) is 18.9 Å². The number of anilines is 2. The molecule has 0 spiro atoms. The highest BCUT2D eigenvalue weighted by Gasteiger charge is 2.24. The van der Waals surface area contributed by atoms with Crippen LogP contribution >= 0.6 is 23.1 Å². The van der Waals surface area contributed by atoms with Crippen molar-refractivity contribution in [2.75, 3.05) is 11.1 Å². The lowest BCUT2D eigenvalue weighted by atomic mass is 10.2. The molecule has 0 amide bonds. The van der Waals surface area contributed by atoms with E-state index in [0.29, 0.717) is 27.8 Å². The van der Waals surface area contributed by atoms with E-state index in [4.69, 9.17) is 5.73 Å². The number of nitrogens with two attached hydrogens (primary N) is 1. The molecule has 1 aliphatic carbocycles. The third-order valence-electron chi connectivity index (χ3n) is 3.56. The summed E-state index contributed by atoms with van der Waals surface area (Å²) in [6.45, 7) is 0. The number of fused-ring (bicyclic) bond motifs is 1. The fourth-order valence-corrected chi connectivity index (χ4v) is 3.75. The van der Waals surface area contributed by atoms with Gasteiger partial charge in [-0.25, -0.2) is 23.7 Å². The molecule has 1 saturated carbocycles. The first-order valence-corrected chi connectivity index (χ1v) is 9.16. The smallest absolute Gasteiger partial charge is 0.191 e. The molecular weight excluding hydrogens is 352 g/mol. The van der Waals surface area contributed by atoms with Crippen LogP contribution in [0.4, 0.5) is 19.7 Å². The van der Waals surface area contributed by atoms with Crippen LogP contribution in [0.5, 0.6) is 0 Å². The standard InChI is InChI=1S/C15H13F2N5S2/c16-9-3-1-2-7(10(9)17)6-23-15-21-12(19-8-4-5-8)11-13(22-15)20-14(18)24-11/h1-3,8H,4-6H2,(H3,18,19,20,21,22). The highest BCUT2D eigenvalue weighted by atomic mass is 32.2. The van der Waals surface area contributed by atoms with Crippen LogP contribution in [0.3, 0.4) is 0 Å². The number of halogens is 2. The van der Waals surface area contributed by atoms with E-state index in [1.54, 1.807) is 6.07 Å². The summed E-state index contributed by atoms with van der Waals surface area (Å²) < 4.78 is 27.9. The van der Waals surface area contributed by atoms with E-state index < -0.39 is 11.6 Å². The van der Waals surface area contributed by atoms with Gasteiger partial charge in [0.25, 0.3) is 0 Å². The van der Waals surface area contributed by atoms with Gasteiger partial charge >= 0.3 is 0 Å². The molecule has 0 saturated heterocycles. The second-order valence-corrected chi connectivity index (χ2v) is 7.45. The molecule has 1 aromatic carbocycles. The molecule has 1 aliphatic rings. The van der Waals surface area contributed by atoms with Crippen molar-refractivity contribution in [2.45, 2.75) is 29.8 Å². The number of hydrogen-bond acceptors (Lipinski definition) is 7. The molecular formula is C15H13F2N5S2. The Balaban J connectivity index is 1.62. The fourth-order valence-electron chi connectivity index (χ4n) is 2.21. The zero-order chi connectivity index (χ0) is 16.7. The molecule has 0 unspecified atom stereocenters. The quantitative estimate of drug-likeness (QED) is 0.529. The molecule has 0 aliphatic heterocycles. The van der Waals surface area contributed by atoms with E-state index >= 15 is 0 Å². The van der Waals surface area contributed by atoms with Crippen molar-refractivity contribution in [1.82, 2.24) is 15.0 Å². The second kappa shape index (κ2) is 6.14. The third-order valence-corrected chi connectivity index (χ3v) is 5.33. The predicted octanol–water partition coefficient (Wildman–Crippen LogP) is 3.81. The summed E-state index contributed by atoms with van der Waals surface area (Å²) in [4.78, 5) is 13.1. The van der Waals surface area contributed by atoms with Crippen LogP contribution < -0.4 is 11.1 Å². The number of rotatable bonds is 5. The van der Waals surface area contributed by atoms with Gasteiger partial charge in [0.05, 0.1) is 0 Å². The third kappa shape index (κ3) is 3.13. The van der Waals surface area contributed by atoms with E-state index in [9.17, 15) is 8.78 Å². The maximum absolute atomic E-state index is 13.8. The fraction of sp³-hybridized carbons (Fsp3) is 0.267. The largest absolute Gasteiger partial charge is 0.375 e. The molecule has 9 heteroatoms. The number of nitrogens with zero attached hydrogens (tertiary/aromatic N) is 3. The van der Waals surface area contributed by atoms with Crippen molar-refractivity contribution < 1.29 is 8.78 Å². The van der Waals surface area contributed by atoms with Crippen molar-refractivity contribution in [3.05, 3.63) is 35.4 Å². The predicted molar refractivity (Wildman–Crippen MR) is 92.2 cm³/mol. The van der Waals surface area contributed by atoms with Gasteiger partial charge in [0.1, 0.15) is 4.70 Å². The number of thiazole rings is 1. The van der Waals surface area contributed by atoms with Crippen LogP contribution in [0.15, 0.2) is 23.4 Å². The van der Waals surface area contributed by atoms with Gasteiger partial charge < -0.3 is 11.1 Å². The first-order valence-electron chi connectivity index (χ1n) is 7.36. The Bertz CT molecular complexity index is 910. The van der Waals surface area contributed by atoms with E-state index in [2.05, 4.69) is 20.3 Å². The van der Waals surface area contributed by atoms with Gasteiger partial charge in [-0.1, -0.05) is 35.2 Å². The molecule has 2 heterocycles. The summed E-state index contributed by atoms with van der Waals surface area (Å²) in [5.74, 6) is -0.746. The number of aromatic nitrogens is 3. The van der Waals surface area contributed by atoms with E-state index in [-0.39, 0.29) is 11.3 Å². The Labute approximate surface area is 144 Å². The molecule has 0 bridgehead atoms. The number of nitrogen functional groups attached to an aromatic ring is 1. The minimum absolute atomic E-state index is 0.234. The first kappa shape index (κ1) is 15.5. The lowest BCUT2D eigenvalue weighted by Crippen LogP contribution is -2.04. The van der Waals surface area contributed by atoms with Crippen LogP contribution in [0.25, 0.3) is 10.3 Å². The van der Waals surface area contributed by atoms with Gasteiger partial charge in [0.2, 0.25) is 0 Å². The summed E-state index contributed by atoms with van der Waals surface area (Å²) >= 11 is 2.57. The Morgan fingerprint density at radius 3 is 2.88 bits per heavy atom. The molecule has 0 radical (unpaired) electrons. The summed E-state index contributed by atoms with van der Waals surface area (Å²) in [5.41, 5.74) is 6.57. The normalized spacial score (nSPS) is 14.2. The average molecular weight is 365 g/mol. The monoisotopic (exact) mass is 365 g/mol. The van der Waals surface area contributed by atoms with Gasteiger partial charge in [0, 0.05) is 17.4 Å². The Morgan fingerprint density at radius 1 is 1.25 bits per heavy atom. The minimum Gasteiger partial charge on any atom is -0.375 e. The molecule has 0 atom stereocenters. The SMILES string of the molecule is Nc1nc2nc(SCc3cccc(F)c3F)nc(NC3CC3)c2s1. The molecule has 3 N–H and O–H groups in total. The van der Waals surface area contributed by atoms with Gasteiger partial charge in [-0.2, -0.15) is 0 Å². The van der Waals surface area contributed by atoms with Crippen LogP contribution in [0, 0.1) is 11.6 Å². The average Bonchev–Trinajstić information content (AvgIpc) is 3.28. The topological polar surface area (TPSA) is 76.7 Å². The zero-order valence-corrected chi connectivity index (χ0v) is 14.1. The minimum atomic E-state index is -0.854. The highest BCUT2D eigenvalue weighted by Crippen LogP contribution is 2.34. The summed E-state index contributed by atoms with van der Waals surface area (Å²) in [7, 11) is 0. The molecule has 5 nitrogen and oxygen atoms in total. The highest BCUT2D eigenvalue weighted by molar-refractivity contribution is 7.98. The molecule has 124 valence electrons. The van der Waals surface area contributed by atoms with Crippen molar-refractivity contribution in [3.8, 4) is 0 Å². The Morgan fingerprint density at radius 2 is 2.08 bits per heavy atom. The van der Waals surface area contributed by atoms with E-state index in [1.807, 2.05) is 0 Å². The Kier molecular flexibility index (Phi) is 3.97. The molecule has 4 rings (SSSR count). The van der Waals surface area contributed by atoms with Crippen LogP contribution in [0.2, 0.25) is 0 Å². The maximum atomic E-state index is 13.8. The summed E-state index contributed by atoms with van der Waals surface area (Å²) in [6, 6.07) is 4.56. The lowest BCUT2D eigenvalue weighted by Gasteiger charge is -2.07.